The maximum absolute atomic E-state index is 13.6. The molecule has 0 bridgehead atoms. The lowest BCUT2D eigenvalue weighted by Gasteiger charge is -2.11. The number of nitrogens with one attached hydrogen (secondary N) is 1. The van der Waals surface area contributed by atoms with Gasteiger partial charge in [0.05, 0.1) is 17.9 Å². The molecule has 1 aromatic heterocycles. The molecule has 0 aliphatic heterocycles. The van der Waals surface area contributed by atoms with Crippen molar-refractivity contribution in [1.82, 2.24) is 9.78 Å². The number of aryl methyl sites for hydroxylation is 1. The lowest BCUT2D eigenvalue weighted by Crippen LogP contribution is -2.10. The van der Waals surface area contributed by atoms with E-state index in [9.17, 15) is 8.78 Å². The summed E-state index contributed by atoms with van der Waals surface area (Å²) >= 11 is 3.15. The second-order valence-corrected chi connectivity index (χ2v) is 5.00. The highest BCUT2D eigenvalue weighted by molar-refractivity contribution is 9.10. The Morgan fingerprint density at radius 1 is 1.37 bits per heavy atom. The largest absolute Gasteiger partial charge is 0.376 e. The standard InChI is InChI=1S/C13H14BrF2N3/c1-2-5-19-10(3-4-18-19)8-17-13-11(14)6-9(15)7-12(13)16/h3-4,6-7,17H,2,5,8H2,1H3. The molecule has 0 unspecified atom stereocenters. The molecule has 6 heteroatoms. The molecule has 102 valence electrons. The van der Waals surface area contributed by atoms with Gasteiger partial charge in [0.25, 0.3) is 0 Å². The topological polar surface area (TPSA) is 29.9 Å². The first kappa shape index (κ1) is 14.0. The molecule has 0 aliphatic carbocycles. The van der Waals surface area contributed by atoms with Gasteiger partial charge in [-0.3, -0.25) is 4.68 Å². The number of hydrogen-bond acceptors (Lipinski definition) is 2. The van der Waals surface area contributed by atoms with Crippen LogP contribution in [-0.4, -0.2) is 9.78 Å². The van der Waals surface area contributed by atoms with Crippen LogP contribution in [0.15, 0.2) is 28.9 Å². The van der Waals surface area contributed by atoms with Gasteiger partial charge < -0.3 is 5.32 Å². The van der Waals surface area contributed by atoms with Crippen molar-refractivity contribution in [2.45, 2.75) is 26.4 Å². The summed E-state index contributed by atoms with van der Waals surface area (Å²) in [5, 5.41) is 7.15. The second kappa shape index (κ2) is 6.14. The first-order valence-electron chi connectivity index (χ1n) is 6.01. The highest BCUT2D eigenvalue weighted by Crippen LogP contribution is 2.27. The van der Waals surface area contributed by atoms with Gasteiger partial charge in [-0.05, 0) is 34.5 Å². The van der Waals surface area contributed by atoms with Crippen LogP contribution in [-0.2, 0) is 13.1 Å². The molecule has 1 heterocycles. The Balaban J connectivity index is 2.12. The van der Waals surface area contributed by atoms with Gasteiger partial charge in [-0.25, -0.2) is 8.78 Å². The lowest BCUT2D eigenvalue weighted by atomic mass is 10.3. The summed E-state index contributed by atoms with van der Waals surface area (Å²) in [6.07, 6.45) is 2.69. The maximum atomic E-state index is 13.6. The van der Waals surface area contributed by atoms with E-state index in [2.05, 4.69) is 33.3 Å². The van der Waals surface area contributed by atoms with Gasteiger partial charge in [-0.15, -0.1) is 0 Å². The van der Waals surface area contributed by atoms with Crippen LogP contribution in [0.1, 0.15) is 19.0 Å². The van der Waals surface area contributed by atoms with Crippen molar-refractivity contribution >= 4 is 21.6 Å². The van der Waals surface area contributed by atoms with Crippen molar-refractivity contribution in [1.29, 1.82) is 0 Å². The molecule has 0 saturated heterocycles. The van der Waals surface area contributed by atoms with E-state index in [4.69, 9.17) is 0 Å². The van der Waals surface area contributed by atoms with Crippen LogP contribution in [0.3, 0.4) is 0 Å². The third-order valence-corrected chi connectivity index (χ3v) is 3.32. The van der Waals surface area contributed by atoms with E-state index in [1.165, 1.54) is 6.07 Å². The van der Waals surface area contributed by atoms with Crippen molar-refractivity contribution in [2.75, 3.05) is 5.32 Å². The van der Waals surface area contributed by atoms with Gasteiger partial charge in [-0.1, -0.05) is 6.92 Å². The van der Waals surface area contributed by atoms with E-state index in [1.54, 1.807) is 6.20 Å². The molecule has 2 rings (SSSR count). The summed E-state index contributed by atoms with van der Waals surface area (Å²) in [4.78, 5) is 0. The normalized spacial score (nSPS) is 10.7. The van der Waals surface area contributed by atoms with Crippen LogP contribution < -0.4 is 5.32 Å². The maximum Gasteiger partial charge on any atom is 0.150 e. The number of aromatic nitrogens is 2. The molecule has 0 amide bonds. The van der Waals surface area contributed by atoms with Gasteiger partial charge >= 0.3 is 0 Å². The van der Waals surface area contributed by atoms with Gasteiger partial charge in [0.2, 0.25) is 0 Å². The van der Waals surface area contributed by atoms with Crippen LogP contribution in [0.4, 0.5) is 14.5 Å². The summed E-state index contributed by atoms with van der Waals surface area (Å²) in [5.41, 5.74) is 1.21. The summed E-state index contributed by atoms with van der Waals surface area (Å²) < 4.78 is 28.8. The van der Waals surface area contributed by atoms with Crippen molar-refractivity contribution < 1.29 is 8.78 Å². The van der Waals surface area contributed by atoms with E-state index >= 15 is 0 Å². The quantitative estimate of drug-likeness (QED) is 0.900. The van der Waals surface area contributed by atoms with Crippen LogP contribution in [0.25, 0.3) is 0 Å². The van der Waals surface area contributed by atoms with Crippen molar-refractivity contribution in [3.05, 3.63) is 46.2 Å². The number of anilines is 1. The molecular weight excluding hydrogens is 316 g/mol. The van der Waals surface area contributed by atoms with Crippen molar-refractivity contribution in [3.8, 4) is 0 Å². The Kier molecular flexibility index (Phi) is 4.52. The Morgan fingerprint density at radius 2 is 2.16 bits per heavy atom. The van der Waals surface area contributed by atoms with Gasteiger partial charge in [0.15, 0.2) is 0 Å². The van der Waals surface area contributed by atoms with Crippen molar-refractivity contribution in [3.63, 3.8) is 0 Å². The third-order valence-electron chi connectivity index (χ3n) is 2.69. The first-order chi connectivity index (χ1) is 9.11. The summed E-state index contributed by atoms with van der Waals surface area (Å²) in [6.45, 7) is 3.31. The van der Waals surface area contributed by atoms with E-state index in [0.29, 0.717) is 11.0 Å². The van der Waals surface area contributed by atoms with Gasteiger partial charge in [-0.2, -0.15) is 5.10 Å². The van der Waals surface area contributed by atoms with E-state index in [1.807, 2.05) is 10.7 Å². The SMILES string of the molecule is CCCn1nccc1CNc1c(F)cc(F)cc1Br. The molecule has 0 saturated carbocycles. The zero-order chi connectivity index (χ0) is 13.8. The molecule has 0 spiro atoms. The average Bonchev–Trinajstić information content (AvgIpc) is 2.76. The molecule has 0 atom stereocenters. The fourth-order valence-electron chi connectivity index (χ4n) is 1.81. The fraction of sp³-hybridized carbons (Fsp3) is 0.308. The third kappa shape index (κ3) is 3.32. The smallest absolute Gasteiger partial charge is 0.150 e. The lowest BCUT2D eigenvalue weighted by molar-refractivity contribution is 0.573. The Labute approximate surface area is 118 Å². The summed E-state index contributed by atoms with van der Waals surface area (Å²) in [6, 6.07) is 3.96. The Hall–Kier alpha value is -1.43. The van der Waals surface area contributed by atoms with Gasteiger partial charge in [0, 0.05) is 23.3 Å². The number of nitrogens with zero attached hydrogens (tertiary/aromatic N) is 2. The van der Waals surface area contributed by atoms with Crippen LogP contribution in [0, 0.1) is 11.6 Å². The Bertz CT molecular complexity index is 546. The van der Waals surface area contributed by atoms with Gasteiger partial charge in [0.1, 0.15) is 11.6 Å². The second-order valence-electron chi connectivity index (χ2n) is 4.14. The number of benzene rings is 1. The number of halogens is 3. The molecule has 1 N–H and O–H groups in total. The fourth-order valence-corrected chi connectivity index (χ4v) is 2.36. The highest BCUT2D eigenvalue weighted by atomic mass is 79.9. The van der Waals surface area contributed by atoms with E-state index < -0.39 is 11.6 Å². The molecule has 0 aliphatic rings. The minimum absolute atomic E-state index is 0.255. The highest BCUT2D eigenvalue weighted by Gasteiger charge is 2.10. The minimum Gasteiger partial charge on any atom is -0.376 e. The van der Waals surface area contributed by atoms with E-state index in [0.717, 1.165) is 24.7 Å². The molecule has 2 aromatic rings. The number of hydrogen-bond donors (Lipinski definition) is 1. The van der Waals surface area contributed by atoms with Crippen LogP contribution in [0.2, 0.25) is 0 Å². The zero-order valence-corrected chi connectivity index (χ0v) is 12.0. The predicted octanol–water partition coefficient (Wildman–Crippen LogP) is 3.95. The molecule has 19 heavy (non-hydrogen) atoms. The molecule has 1 aromatic carbocycles. The van der Waals surface area contributed by atoms with Crippen molar-refractivity contribution in [2.24, 2.45) is 0 Å². The Morgan fingerprint density at radius 3 is 2.84 bits per heavy atom. The minimum atomic E-state index is -0.617. The van der Waals surface area contributed by atoms with E-state index in [-0.39, 0.29) is 5.69 Å². The predicted molar refractivity (Wildman–Crippen MR) is 73.9 cm³/mol. The first-order valence-corrected chi connectivity index (χ1v) is 6.80. The number of rotatable bonds is 5. The van der Waals surface area contributed by atoms with Crippen LogP contribution >= 0.6 is 15.9 Å². The zero-order valence-electron chi connectivity index (χ0n) is 10.5. The monoisotopic (exact) mass is 329 g/mol. The molecular formula is C13H14BrF2N3. The van der Waals surface area contributed by atoms with Crippen LogP contribution in [0.5, 0.6) is 0 Å². The molecule has 0 fully saturated rings. The molecule has 0 radical (unpaired) electrons. The summed E-state index contributed by atoms with van der Waals surface area (Å²) in [7, 11) is 0. The average molecular weight is 330 g/mol. The summed E-state index contributed by atoms with van der Waals surface area (Å²) in [5.74, 6) is -1.22. The molecule has 3 nitrogen and oxygen atoms in total.